The Morgan fingerprint density at radius 1 is 1.44 bits per heavy atom. The van der Waals surface area contributed by atoms with Crippen molar-refractivity contribution in [2.24, 2.45) is 5.73 Å². The lowest BCUT2D eigenvalue weighted by molar-refractivity contribution is -0.137. The fourth-order valence-corrected chi connectivity index (χ4v) is 1.15. The van der Waals surface area contributed by atoms with Gasteiger partial charge in [0, 0.05) is 5.56 Å². The smallest absolute Gasteiger partial charge is 0.394 e. The van der Waals surface area contributed by atoms with E-state index in [0.29, 0.717) is 0 Å². The summed E-state index contributed by atoms with van der Waals surface area (Å²) in [6, 6.07) is 2.75. The first kappa shape index (κ1) is 12.7. The van der Waals surface area contributed by atoms with Crippen molar-refractivity contribution in [3.63, 3.8) is 0 Å². The first-order chi connectivity index (χ1) is 7.36. The zero-order chi connectivity index (χ0) is 12.3. The molecule has 0 bridgehead atoms. The maximum atomic E-state index is 12.3. The summed E-state index contributed by atoms with van der Waals surface area (Å²) in [6.07, 6.45) is -4.50. The summed E-state index contributed by atoms with van der Waals surface area (Å²) in [5, 5.41) is 8.63. The summed E-state index contributed by atoms with van der Waals surface area (Å²) in [5.41, 5.74) is 4.16. The second kappa shape index (κ2) is 4.63. The van der Waals surface area contributed by atoms with Crippen LogP contribution in [0.25, 0.3) is 0 Å². The second-order valence-corrected chi connectivity index (χ2v) is 3.23. The highest BCUT2D eigenvalue weighted by molar-refractivity contribution is 6.00. The van der Waals surface area contributed by atoms with Crippen LogP contribution in [0, 0.1) is 0 Å². The number of aliphatic hydroxyl groups excluding tert-OH is 1. The van der Waals surface area contributed by atoms with Gasteiger partial charge in [0.1, 0.15) is 0 Å². The largest absolute Gasteiger partial charge is 0.416 e. The highest BCUT2D eigenvalue weighted by atomic mass is 19.4. The van der Waals surface area contributed by atoms with Gasteiger partial charge < -0.3 is 10.8 Å². The standard InChI is InChI=1S/C10H10F3NO2/c11-10(12,13)7-3-1-2-6(4-7)9(16)8(14)5-15/h1-4,8,15H,5,14H2. The molecule has 0 saturated carbocycles. The lowest BCUT2D eigenvalue weighted by atomic mass is 10.0. The molecule has 0 amide bonds. The van der Waals surface area contributed by atoms with Gasteiger partial charge in [0.25, 0.3) is 0 Å². The molecule has 88 valence electrons. The molecule has 1 aromatic carbocycles. The van der Waals surface area contributed by atoms with Gasteiger partial charge in [0.2, 0.25) is 0 Å². The van der Waals surface area contributed by atoms with Crippen LogP contribution < -0.4 is 5.73 Å². The molecular weight excluding hydrogens is 223 g/mol. The number of hydrogen-bond acceptors (Lipinski definition) is 3. The van der Waals surface area contributed by atoms with Crippen LogP contribution in [0.1, 0.15) is 15.9 Å². The predicted octanol–water partition coefficient (Wildman–Crippen LogP) is 1.21. The van der Waals surface area contributed by atoms with Crippen molar-refractivity contribution in [1.82, 2.24) is 0 Å². The van der Waals surface area contributed by atoms with Crippen molar-refractivity contribution in [3.8, 4) is 0 Å². The summed E-state index contributed by atoms with van der Waals surface area (Å²) in [5.74, 6) is -0.714. The van der Waals surface area contributed by atoms with Gasteiger partial charge in [-0.15, -0.1) is 0 Å². The van der Waals surface area contributed by atoms with E-state index in [-0.39, 0.29) is 5.56 Å². The van der Waals surface area contributed by atoms with Gasteiger partial charge in [-0.1, -0.05) is 12.1 Å². The van der Waals surface area contributed by atoms with Crippen LogP contribution in [0.2, 0.25) is 0 Å². The van der Waals surface area contributed by atoms with Gasteiger partial charge in [0.05, 0.1) is 18.2 Å². The monoisotopic (exact) mass is 233 g/mol. The van der Waals surface area contributed by atoms with Crippen molar-refractivity contribution < 1.29 is 23.1 Å². The molecule has 0 aromatic heterocycles. The zero-order valence-corrected chi connectivity index (χ0v) is 8.16. The number of carbonyl (C=O) groups excluding carboxylic acids is 1. The van der Waals surface area contributed by atoms with Crippen LogP contribution in [0.15, 0.2) is 24.3 Å². The molecule has 0 aliphatic heterocycles. The number of Topliss-reactive ketones (excluding diaryl/α,β-unsaturated/α-hetero) is 1. The minimum atomic E-state index is -4.50. The first-order valence-electron chi connectivity index (χ1n) is 4.44. The van der Waals surface area contributed by atoms with E-state index in [1.807, 2.05) is 0 Å². The fraction of sp³-hybridized carbons (Fsp3) is 0.300. The van der Waals surface area contributed by atoms with Crippen LogP contribution in [0.5, 0.6) is 0 Å². The van der Waals surface area contributed by atoms with Gasteiger partial charge in [-0.2, -0.15) is 13.2 Å². The first-order valence-corrected chi connectivity index (χ1v) is 4.44. The van der Waals surface area contributed by atoms with E-state index in [2.05, 4.69) is 0 Å². The SMILES string of the molecule is NC(CO)C(=O)c1cccc(C(F)(F)F)c1. The molecule has 0 fully saturated rings. The van der Waals surface area contributed by atoms with Crippen molar-refractivity contribution in [2.45, 2.75) is 12.2 Å². The molecule has 3 N–H and O–H groups in total. The topological polar surface area (TPSA) is 63.3 Å². The molecule has 1 unspecified atom stereocenters. The number of alkyl halides is 3. The fourth-order valence-electron chi connectivity index (χ4n) is 1.15. The number of nitrogens with two attached hydrogens (primary N) is 1. The average Bonchev–Trinajstić information content (AvgIpc) is 2.26. The van der Waals surface area contributed by atoms with Crippen LogP contribution in [-0.2, 0) is 6.18 Å². The molecule has 0 saturated heterocycles. The van der Waals surface area contributed by atoms with E-state index in [4.69, 9.17) is 10.8 Å². The maximum absolute atomic E-state index is 12.3. The van der Waals surface area contributed by atoms with Crippen molar-refractivity contribution in [1.29, 1.82) is 0 Å². The third-order valence-corrected chi connectivity index (χ3v) is 2.01. The van der Waals surface area contributed by atoms with Crippen LogP contribution >= 0.6 is 0 Å². The number of benzene rings is 1. The number of carbonyl (C=O) groups is 1. The van der Waals surface area contributed by atoms with Crippen molar-refractivity contribution >= 4 is 5.78 Å². The number of hydrogen-bond donors (Lipinski definition) is 2. The number of halogens is 3. The molecule has 1 rings (SSSR count). The maximum Gasteiger partial charge on any atom is 0.416 e. The Morgan fingerprint density at radius 2 is 2.06 bits per heavy atom. The summed E-state index contributed by atoms with van der Waals surface area (Å²) in [4.78, 5) is 11.4. The Morgan fingerprint density at radius 3 is 2.56 bits per heavy atom. The quantitative estimate of drug-likeness (QED) is 0.771. The Kier molecular flexibility index (Phi) is 3.66. The minimum absolute atomic E-state index is 0.156. The molecule has 0 heterocycles. The Balaban J connectivity index is 3.04. The third kappa shape index (κ3) is 2.80. The predicted molar refractivity (Wildman–Crippen MR) is 50.8 cm³/mol. The zero-order valence-electron chi connectivity index (χ0n) is 8.16. The Hall–Kier alpha value is -1.40. The summed E-state index contributed by atoms with van der Waals surface area (Å²) in [6.45, 7) is -0.602. The lowest BCUT2D eigenvalue weighted by Gasteiger charge is -2.10. The molecular formula is C10H10F3NO2. The number of aliphatic hydroxyl groups is 1. The molecule has 0 spiro atoms. The van der Waals surface area contributed by atoms with E-state index in [9.17, 15) is 18.0 Å². The molecule has 0 aliphatic carbocycles. The van der Waals surface area contributed by atoms with Crippen LogP contribution in [0.3, 0.4) is 0 Å². The Bertz CT molecular complexity index is 390. The molecule has 6 heteroatoms. The van der Waals surface area contributed by atoms with E-state index < -0.39 is 30.2 Å². The average molecular weight is 233 g/mol. The number of rotatable bonds is 3. The van der Waals surface area contributed by atoms with Gasteiger partial charge in [0.15, 0.2) is 5.78 Å². The summed E-state index contributed by atoms with van der Waals surface area (Å²) in [7, 11) is 0. The normalized spacial score (nSPS) is 13.6. The molecule has 1 aromatic rings. The lowest BCUT2D eigenvalue weighted by Crippen LogP contribution is -2.34. The molecule has 0 aliphatic rings. The highest BCUT2D eigenvalue weighted by Crippen LogP contribution is 2.29. The van der Waals surface area contributed by atoms with Crippen molar-refractivity contribution in [2.75, 3.05) is 6.61 Å². The van der Waals surface area contributed by atoms with E-state index in [0.717, 1.165) is 18.2 Å². The van der Waals surface area contributed by atoms with Gasteiger partial charge in [-0.25, -0.2) is 0 Å². The minimum Gasteiger partial charge on any atom is -0.394 e. The Labute approximate surface area is 89.7 Å². The van der Waals surface area contributed by atoms with Crippen LogP contribution in [-0.4, -0.2) is 23.5 Å². The van der Waals surface area contributed by atoms with E-state index in [1.165, 1.54) is 6.07 Å². The molecule has 1 atom stereocenters. The van der Waals surface area contributed by atoms with Crippen LogP contribution in [0.4, 0.5) is 13.2 Å². The highest BCUT2D eigenvalue weighted by Gasteiger charge is 2.31. The summed E-state index contributed by atoms with van der Waals surface area (Å²) < 4.78 is 37.0. The number of ketones is 1. The van der Waals surface area contributed by atoms with E-state index in [1.54, 1.807) is 0 Å². The van der Waals surface area contributed by atoms with Gasteiger partial charge in [-0.05, 0) is 12.1 Å². The molecule has 16 heavy (non-hydrogen) atoms. The molecule has 3 nitrogen and oxygen atoms in total. The van der Waals surface area contributed by atoms with E-state index >= 15 is 0 Å². The van der Waals surface area contributed by atoms with Gasteiger partial charge in [-0.3, -0.25) is 4.79 Å². The van der Waals surface area contributed by atoms with Gasteiger partial charge >= 0.3 is 6.18 Å². The summed E-state index contributed by atoms with van der Waals surface area (Å²) >= 11 is 0. The third-order valence-electron chi connectivity index (χ3n) is 2.01. The van der Waals surface area contributed by atoms with Crippen molar-refractivity contribution in [3.05, 3.63) is 35.4 Å². The second-order valence-electron chi connectivity index (χ2n) is 3.23. The molecule has 0 radical (unpaired) electrons.